The molecule has 0 radical (unpaired) electrons. The third-order valence-corrected chi connectivity index (χ3v) is 13.0. The lowest BCUT2D eigenvalue weighted by Gasteiger charge is -2.35. The second-order valence-corrected chi connectivity index (χ2v) is 23.1. The highest BCUT2D eigenvalue weighted by molar-refractivity contribution is 7.94. The average Bonchev–Trinajstić information content (AvgIpc) is 3.84. The topological polar surface area (TPSA) is 125 Å². The van der Waals surface area contributed by atoms with Crippen LogP contribution < -0.4 is 19.7 Å². The minimum absolute atomic E-state index is 0.0483. The monoisotopic (exact) mass is 656 g/mol. The summed E-state index contributed by atoms with van der Waals surface area (Å²) in [5, 5.41) is 2.86. The molecule has 0 unspecified atom stereocenters. The summed E-state index contributed by atoms with van der Waals surface area (Å²) in [5.74, 6) is 2.68. The Labute approximate surface area is 263 Å². The lowest BCUT2D eigenvalue weighted by atomic mass is 9.93. The fourth-order valence-corrected chi connectivity index (χ4v) is 9.10. The number of anilines is 3. The Morgan fingerprint density at radius 2 is 1.55 bits per heavy atom. The first-order chi connectivity index (χ1) is 20.3. The zero-order valence-electron chi connectivity index (χ0n) is 26.5. The number of hydrogen-bond acceptors (Lipinski definition) is 6. The van der Waals surface area contributed by atoms with Crippen molar-refractivity contribution in [1.82, 2.24) is 4.72 Å². The van der Waals surface area contributed by atoms with Crippen LogP contribution in [0.2, 0.25) is 19.6 Å². The van der Waals surface area contributed by atoms with E-state index in [1.165, 1.54) is 25.0 Å². The van der Waals surface area contributed by atoms with E-state index >= 15 is 0 Å². The second kappa shape index (κ2) is 11.2. The quantitative estimate of drug-likeness (QED) is 0.253. The smallest absolute Gasteiger partial charge is 0.257 e. The van der Waals surface area contributed by atoms with Crippen LogP contribution in [0.5, 0.6) is 0 Å². The van der Waals surface area contributed by atoms with Gasteiger partial charge in [0, 0.05) is 24.3 Å². The van der Waals surface area contributed by atoms with Gasteiger partial charge in [0.25, 0.3) is 5.91 Å². The van der Waals surface area contributed by atoms with Gasteiger partial charge in [-0.15, -0.1) is 5.54 Å². The normalized spacial score (nSPS) is 19.1. The number of piperidine rings is 1. The Bertz CT molecular complexity index is 1730. The molecule has 3 aliphatic rings. The fraction of sp³-hybridized carbons (Fsp3) is 0.531. The van der Waals surface area contributed by atoms with Gasteiger partial charge in [-0.2, -0.15) is 0 Å². The fourth-order valence-electron chi connectivity index (χ4n) is 5.48. The van der Waals surface area contributed by atoms with Crippen LogP contribution in [-0.4, -0.2) is 54.2 Å². The largest absolute Gasteiger partial charge is 0.371 e. The molecule has 44 heavy (non-hydrogen) atoms. The number of sulfonamides is 2. The van der Waals surface area contributed by atoms with Crippen molar-refractivity contribution in [2.75, 3.05) is 28.0 Å². The molecule has 1 amide bonds. The van der Waals surface area contributed by atoms with Crippen LogP contribution in [-0.2, 0) is 20.0 Å². The van der Waals surface area contributed by atoms with Crippen molar-refractivity contribution in [2.24, 2.45) is 5.41 Å². The van der Waals surface area contributed by atoms with Gasteiger partial charge in [0.1, 0.15) is 8.07 Å². The molecule has 2 aliphatic carbocycles. The molecule has 1 heterocycles. The maximum Gasteiger partial charge on any atom is 0.257 e. The molecule has 1 saturated heterocycles. The molecule has 0 bridgehead atoms. The number of benzene rings is 2. The summed E-state index contributed by atoms with van der Waals surface area (Å²) in [4.78, 5) is 15.9. The molecule has 2 saturated carbocycles. The summed E-state index contributed by atoms with van der Waals surface area (Å²) in [6.07, 6.45) is 5.53. The van der Waals surface area contributed by atoms with E-state index in [1.807, 2.05) is 0 Å². The van der Waals surface area contributed by atoms with Crippen LogP contribution >= 0.6 is 0 Å². The summed E-state index contributed by atoms with van der Waals surface area (Å²) in [5.41, 5.74) is 4.76. The molecule has 238 valence electrons. The lowest BCUT2D eigenvalue weighted by Crippen LogP contribution is -2.40. The van der Waals surface area contributed by atoms with Crippen LogP contribution in [0, 0.1) is 16.9 Å². The number of hydrogen-bond donors (Lipinski definition) is 3. The van der Waals surface area contributed by atoms with E-state index in [0.717, 1.165) is 25.9 Å². The first-order valence-corrected chi connectivity index (χ1v) is 21.7. The minimum Gasteiger partial charge on any atom is -0.371 e. The zero-order valence-corrected chi connectivity index (χ0v) is 29.1. The second-order valence-electron chi connectivity index (χ2n) is 14.7. The molecule has 1 aliphatic heterocycles. The molecule has 3 N–H and O–H groups in total. The molecule has 2 aromatic carbocycles. The highest BCUT2D eigenvalue weighted by Crippen LogP contribution is 2.54. The van der Waals surface area contributed by atoms with Gasteiger partial charge in [-0.05, 0) is 101 Å². The lowest BCUT2D eigenvalue weighted by molar-refractivity contribution is 0.102. The van der Waals surface area contributed by atoms with Crippen molar-refractivity contribution in [3.8, 4) is 11.5 Å². The van der Waals surface area contributed by atoms with E-state index in [9.17, 15) is 21.6 Å². The molecular formula is C32H44N4O5S2Si. The van der Waals surface area contributed by atoms with Crippen molar-refractivity contribution in [2.45, 2.75) is 94.1 Å². The van der Waals surface area contributed by atoms with Crippen LogP contribution in [0.1, 0.15) is 69.7 Å². The predicted molar refractivity (Wildman–Crippen MR) is 180 cm³/mol. The van der Waals surface area contributed by atoms with E-state index in [-0.39, 0.29) is 4.90 Å². The Morgan fingerprint density at radius 1 is 0.886 bits per heavy atom. The maximum absolute atomic E-state index is 13.7. The van der Waals surface area contributed by atoms with Crippen LogP contribution in [0.4, 0.5) is 17.1 Å². The summed E-state index contributed by atoms with van der Waals surface area (Å²) >= 11 is 0. The summed E-state index contributed by atoms with van der Waals surface area (Å²) in [6, 6.07) is 11.1. The number of nitrogens with one attached hydrogen (secondary N) is 3. The number of carbonyl (C=O) groups excluding carboxylic acids is 1. The van der Waals surface area contributed by atoms with Crippen molar-refractivity contribution in [3.05, 3.63) is 48.0 Å². The van der Waals surface area contributed by atoms with Gasteiger partial charge in [0.05, 0.1) is 21.8 Å². The van der Waals surface area contributed by atoms with E-state index in [2.05, 4.69) is 50.8 Å². The Hall–Kier alpha value is -2.85. The Kier molecular flexibility index (Phi) is 8.28. The number of carbonyl (C=O) groups is 1. The van der Waals surface area contributed by atoms with Gasteiger partial charge in [-0.1, -0.05) is 31.6 Å². The van der Waals surface area contributed by atoms with Gasteiger partial charge in [-0.25, -0.2) is 21.6 Å². The first-order valence-electron chi connectivity index (χ1n) is 15.2. The van der Waals surface area contributed by atoms with E-state index in [1.54, 1.807) is 51.1 Å². The highest BCUT2D eigenvalue weighted by atomic mass is 32.2. The standard InChI is InChI=1S/C32H44N4O5S2Si/c1-30(2,3)35-42(38,39)26-9-7-8-24(22-26)33-29(37)27-11-10-25(23-28(27)36-19-16-31(12-13-31)17-20-36)34-43(40,41)32(14-15-32)18-21-44(4,5)6/h7-11,22-23,34-35H,12-17,19-20H2,1-6H3,(H,33,37). The highest BCUT2D eigenvalue weighted by Gasteiger charge is 2.54. The third-order valence-electron chi connectivity index (χ3n) is 8.34. The molecule has 0 atom stereocenters. The van der Waals surface area contributed by atoms with Crippen molar-refractivity contribution in [1.29, 1.82) is 0 Å². The van der Waals surface area contributed by atoms with Gasteiger partial charge < -0.3 is 10.2 Å². The van der Waals surface area contributed by atoms with Gasteiger partial charge in [0.2, 0.25) is 20.0 Å². The van der Waals surface area contributed by atoms with E-state index in [4.69, 9.17) is 0 Å². The molecule has 2 aromatic rings. The van der Waals surface area contributed by atoms with Gasteiger partial charge >= 0.3 is 0 Å². The SMILES string of the molecule is CC(C)(C)NS(=O)(=O)c1cccc(NC(=O)c2ccc(NS(=O)(=O)C3(C#C[Si](C)(C)C)CC3)cc2N2CCC3(CC2)CC3)c1. The summed E-state index contributed by atoms with van der Waals surface area (Å²) in [7, 11) is -9.33. The molecule has 12 heteroatoms. The van der Waals surface area contributed by atoms with Crippen molar-refractivity contribution >= 4 is 51.1 Å². The van der Waals surface area contributed by atoms with Crippen molar-refractivity contribution < 1.29 is 21.6 Å². The third kappa shape index (κ3) is 7.50. The van der Waals surface area contributed by atoms with Gasteiger partial charge in [-0.3, -0.25) is 9.52 Å². The Balaban J connectivity index is 1.42. The first kappa shape index (κ1) is 32.5. The van der Waals surface area contributed by atoms with Crippen molar-refractivity contribution in [3.63, 3.8) is 0 Å². The summed E-state index contributed by atoms with van der Waals surface area (Å²) in [6.45, 7) is 13.1. The van der Waals surface area contributed by atoms with E-state index < -0.39 is 44.3 Å². The van der Waals surface area contributed by atoms with E-state index in [0.29, 0.717) is 40.9 Å². The average molecular weight is 657 g/mol. The van der Waals surface area contributed by atoms with Gasteiger partial charge in [0.15, 0.2) is 4.75 Å². The summed E-state index contributed by atoms with van der Waals surface area (Å²) < 4.78 is 57.1. The molecule has 9 nitrogen and oxygen atoms in total. The molecular weight excluding hydrogens is 613 g/mol. The molecule has 3 fully saturated rings. The number of nitrogens with zero attached hydrogens (tertiary/aromatic N) is 1. The minimum atomic E-state index is -3.80. The van der Waals surface area contributed by atoms with Crippen LogP contribution in [0.15, 0.2) is 47.4 Å². The number of amides is 1. The molecule has 1 spiro atoms. The zero-order chi connectivity index (χ0) is 32.2. The number of rotatable bonds is 8. The van der Waals surface area contributed by atoms with Crippen LogP contribution in [0.3, 0.4) is 0 Å². The Morgan fingerprint density at radius 3 is 2.11 bits per heavy atom. The maximum atomic E-state index is 13.7. The predicted octanol–water partition coefficient (Wildman–Crippen LogP) is 5.55. The van der Waals surface area contributed by atoms with Crippen LogP contribution in [0.25, 0.3) is 0 Å². The molecule has 0 aromatic heterocycles. The molecule has 5 rings (SSSR count).